The van der Waals surface area contributed by atoms with Gasteiger partial charge in [-0.2, -0.15) is 0 Å². The van der Waals surface area contributed by atoms with Gasteiger partial charge in [-0.15, -0.1) is 0 Å². The lowest BCUT2D eigenvalue weighted by molar-refractivity contribution is -0.139. The fourth-order valence-corrected chi connectivity index (χ4v) is 0.641. The summed E-state index contributed by atoms with van der Waals surface area (Å²) in [6.45, 7) is 5.25. The molecular formula is C8H14O3. The number of rotatable bonds is 4. The molecule has 0 aromatic rings. The van der Waals surface area contributed by atoms with Crippen molar-refractivity contribution in [1.82, 2.24) is 0 Å². The molecule has 3 heteroatoms. The number of carboxylic acids is 1. The number of aldehydes is 1. The van der Waals surface area contributed by atoms with Crippen molar-refractivity contribution in [2.24, 2.45) is 11.3 Å². The maximum Gasteiger partial charge on any atom is 0.303 e. The molecule has 0 amide bonds. The highest BCUT2D eigenvalue weighted by atomic mass is 16.4. The van der Waals surface area contributed by atoms with Crippen LogP contribution in [0.2, 0.25) is 0 Å². The Morgan fingerprint density at radius 1 is 1.64 bits per heavy atom. The molecule has 0 saturated heterocycles. The molecule has 3 nitrogen and oxygen atoms in total. The topological polar surface area (TPSA) is 54.4 Å². The molecule has 0 bridgehead atoms. The Balaban J connectivity index is 4.11. The summed E-state index contributed by atoms with van der Waals surface area (Å²) in [5, 5.41) is 8.43. The fraction of sp³-hybridized carbons (Fsp3) is 0.750. The number of carboxylic acid groups (broad SMARTS) is 1. The van der Waals surface area contributed by atoms with Crippen molar-refractivity contribution < 1.29 is 14.7 Å². The summed E-state index contributed by atoms with van der Waals surface area (Å²) in [5.41, 5.74) is -0.529. The molecule has 0 radical (unpaired) electrons. The average Bonchev–Trinajstić information content (AvgIpc) is 1.86. The SMILES string of the molecule is C[C@H](CC(=O)O)C(C)(C)C=O. The highest BCUT2D eigenvalue weighted by Crippen LogP contribution is 2.26. The molecule has 0 aliphatic heterocycles. The van der Waals surface area contributed by atoms with Crippen LogP contribution >= 0.6 is 0 Å². The standard InChI is InChI=1S/C8H14O3/c1-6(4-7(10)11)8(2,3)5-9/h5-6H,4H2,1-3H3,(H,10,11)/t6-/m1/s1. The Hall–Kier alpha value is -0.860. The number of carbonyl (C=O) groups is 2. The Labute approximate surface area is 66.4 Å². The van der Waals surface area contributed by atoms with Crippen LogP contribution in [0.3, 0.4) is 0 Å². The first-order valence-electron chi connectivity index (χ1n) is 3.58. The number of carbonyl (C=O) groups excluding carboxylic acids is 1. The van der Waals surface area contributed by atoms with Gasteiger partial charge in [0.1, 0.15) is 6.29 Å². The van der Waals surface area contributed by atoms with Gasteiger partial charge in [-0.25, -0.2) is 0 Å². The van der Waals surface area contributed by atoms with Crippen molar-refractivity contribution in [3.63, 3.8) is 0 Å². The van der Waals surface area contributed by atoms with Gasteiger partial charge in [-0.05, 0) is 5.92 Å². The van der Waals surface area contributed by atoms with E-state index in [1.807, 2.05) is 0 Å². The minimum atomic E-state index is -0.854. The second-order valence-corrected chi connectivity index (χ2v) is 3.44. The predicted molar refractivity (Wildman–Crippen MR) is 41.3 cm³/mol. The van der Waals surface area contributed by atoms with Gasteiger partial charge >= 0.3 is 5.97 Å². The number of aliphatic carboxylic acids is 1. The van der Waals surface area contributed by atoms with E-state index in [0.29, 0.717) is 0 Å². The van der Waals surface area contributed by atoms with E-state index in [9.17, 15) is 9.59 Å². The van der Waals surface area contributed by atoms with E-state index in [1.165, 1.54) is 0 Å². The zero-order valence-corrected chi connectivity index (χ0v) is 7.13. The highest BCUT2D eigenvalue weighted by Gasteiger charge is 2.26. The van der Waals surface area contributed by atoms with Crippen molar-refractivity contribution in [2.45, 2.75) is 27.2 Å². The number of hydrogen-bond donors (Lipinski definition) is 1. The van der Waals surface area contributed by atoms with Crippen LogP contribution in [0.1, 0.15) is 27.2 Å². The van der Waals surface area contributed by atoms with Crippen molar-refractivity contribution >= 4 is 12.3 Å². The van der Waals surface area contributed by atoms with E-state index in [4.69, 9.17) is 5.11 Å². The van der Waals surface area contributed by atoms with Crippen LogP contribution in [0.15, 0.2) is 0 Å². The van der Waals surface area contributed by atoms with E-state index in [0.717, 1.165) is 6.29 Å². The van der Waals surface area contributed by atoms with Gasteiger partial charge in [0.15, 0.2) is 0 Å². The van der Waals surface area contributed by atoms with Crippen LogP contribution in [-0.4, -0.2) is 17.4 Å². The fourth-order valence-electron chi connectivity index (χ4n) is 0.641. The lowest BCUT2D eigenvalue weighted by Gasteiger charge is -2.23. The third kappa shape index (κ3) is 3.16. The largest absolute Gasteiger partial charge is 0.481 e. The van der Waals surface area contributed by atoms with Crippen LogP contribution < -0.4 is 0 Å². The molecule has 0 saturated carbocycles. The van der Waals surface area contributed by atoms with Crippen LogP contribution in [0.5, 0.6) is 0 Å². The van der Waals surface area contributed by atoms with Crippen molar-refractivity contribution in [1.29, 1.82) is 0 Å². The normalized spacial score (nSPS) is 14.1. The zero-order chi connectivity index (χ0) is 9.07. The highest BCUT2D eigenvalue weighted by molar-refractivity contribution is 5.68. The van der Waals surface area contributed by atoms with Crippen LogP contribution in [0.4, 0.5) is 0 Å². The maximum atomic E-state index is 10.5. The molecule has 0 unspecified atom stereocenters. The smallest absolute Gasteiger partial charge is 0.303 e. The third-order valence-electron chi connectivity index (χ3n) is 2.05. The molecule has 0 aliphatic rings. The number of hydrogen-bond acceptors (Lipinski definition) is 2. The molecule has 0 spiro atoms. The van der Waals surface area contributed by atoms with E-state index in [1.54, 1.807) is 20.8 Å². The van der Waals surface area contributed by atoms with Crippen LogP contribution in [0.25, 0.3) is 0 Å². The minimum Gasteiger partial charge on any atom is -0.481 e. The first kappa shape index (κ1) is 10.1. The van der Waals surface area contributed by atoms with E-state index in [2.05, 4.69) is 0 Å². The summed E-state index contributed by atoms with van der Waals surface area (Å²) in [6, 6.07) is 0. The molecule has 1 N–H and O–H groups in total. The summed E-state index contributed by atoms with van der Waals surface area (Å²) < 4.78 is 0. The van der Waals surface area contributed by atoms with Crippen LogP contribution in [-0.2, 0) is 9.59 Å². The summed E-state index contributed by atoms with van der Waals surface area (Å²) in [5.74, 6) is -0.968. The first-order valence-corrected chi connectivity index (χ1v) is 3.58. The van der Waals surface area contributed by atoms with Crippen molar-refractivity contribution in [2.75, 3.05) is 0 Å². The molecule has 1 atom stereocenters. The van der Waals surface area contributed by atoms with Crippen molar-refractivity contribution in [3.05, 3.63) is 0 Å². The van der Waals surface area contributed by atoms with Gasteiger partial charge in [0, 0.05) is 11.8 Å². The lowest BCUT2D eigenvalue weighted by Crippen LogP contribution is -2.25. The summed E-state index contributed by atoms with van der Waals surface area (Å²) >= 11 is 0. The van der Waals surface area contributed by atoms with E-state index >= 15 is 0 Å². The molecule has 0 aromatic carbocycles. The first-order chi connectivity index (χ1) is 4.90. The van der Waals surface area contributed by atoms with Crippen LogP contribution in [0, 0.1) is 11.3 Å². The van der Waals surface area contributed by atoms with E-state index < -0.39 is 11.4 Å². The molecule has 0 heterocycles. The zero-order valence-electron chi connectivity index (χ0n) is 7.13. The van der Waals surface area contributed by atoms with Crippen molar-refractivity contribution in [3.8, 4) is 0 Å². The molecule has 11 heavy (non-hydrogen) atoms. The van der Waals surface area contributed by atoms with Gasteiger partial charge in [0.2, 0.25) is 0 Å². The second-order valence-electron chi connectivity index (χ2n) is 3.44. The molecule has 0 rings (SSSR count). The van der Waals surface area contributed by atoms with Gasteiger partial charge in [-0.1, -0.05) is 20.8 Å². The van der Waals surface area contributed by atoms with Gasteiger partial charge < -0.3 is 9.90 Å². The van der Waals surface area contributed by atoms with Gasteiger partial charge in [-0.3, -0.25) is 4.79 Å². The summed E-state index contributed by atoms with van der Waals surface area (Å²) in [6.07, 6.45) is 0.854. The molecular weight excluding hydrogens is 144 g/mol. The maximum absolute atomic E-state index is 10.5. The Kier molecular flexibility index (Phi) is 3.23. The average molecular weight is 158 g/mol. The second kappa shape index (κ2) is 3.51. The molecule has 0 fully saturated rings. The predicted octanol–water partition coefficient (Wildman–Crippen LogP) is 1.32. The molecule has 64 valence electrons. The Bertz CT molecular complexity index is 161. The summed E-state index contributed by atoms with van der Waals surface area (Å²) in [4.78, 5) is 20.7. The van der Waals surface area contributed by atoms with Gasteiger partial charge in [0.05, 0.1) is 0 Å². The Morgan fingerprint density at radius 2 is 2.09 bits per heavy atom. The monoisotopic (exact) mass is 158 g/mol. The molecule has 0 aliphatic carbocycles. The lowest BCUT2D eigenvalue weighted by atomic mass is 9.80. The summed E-state index contributed by atoms with van der Waals surface area (Å²) in [7, 11) is 0. The Morgan fingerprint density at radius 3 is 2.36 bits per heavy atom. The third-order valence-corrected chi connectivity index (χ3v) is 2.05. The van der Waals surface area contributed by atoms with E-state index in [-0.39, 0.29) is 12.3 Å². The quantitative estimate of drug-likeness (QED) is 0.628. The molecule has 0 aromatic heterocycles. The van der Waals surface area contributed by atoms with Gasteiger partial charge in [0.25, 0.3) is 0 Å². The minimum absolute atomic E-state index is 0.0474.